The molecule has 0 spiro atoms. The molecular weight excluding hydrogens is 206 g/mol. The number of carbonyl (C=O) groups is 2. The number of hydrogen-bond donors (Lipinski definition) is 1. The van der Waals surface area contributed by atoms with Gasteiger partial charge in [0.05, 0.1) is 0 Å². The van der Waals surface area contributed by atoms with Gasteiger partial charge in [0.25, 0.3) is 6.47 Å². The van der Waals surface area contributed by atoms with Gasteiger partial charge in [-0.2, -0.15) is 0 Å². The van der Waals surface area contributed by atoms with Crippen LogP contribution in [0.2, 0.25) is 0 Å². The highest BCUT2D eigenvalue weighted by Gasteiger charge is 2.09. The molecule has 1 aromatic rings. The van der Waals surface area contributed by atoms with Crippen LogP contribution in [0.15, 0.2) is 24.3 Å². The van der Waals surface area contributed by atoms with Gasteiger partial charge in [-0.25, -0.2) is 0 Å². The Morgan fingerprint density at radius 1 is 1.44 bits per heavy atom. The number of ether oxygens (including phenoxy) is 1. The smallest absolute Gasteiger partial charge is 0.293 e. The number of rotatable bonds is 5. The van der Waals surface area contributed by atoms with Crippen LogP contribution in [-0.4, -0.2) is 12.4 Å². The second kappa shape index (κ2) is 5.90. The van der Waals surface area contributed by atoms with E-state index >= 15 is 0 Å². The standard InChI is InChI=1S/C12H15NO3/c1-9(2)12(15)13-11-6-4-3-5-10(11)7-16-8-14/h3-6,8-9H,7H2,1-2H3,(H,13,15). The molecule has 0 heterocycles. The molecule has 0 bridgehead atoms. The molecule has 0 saturated carbocycles. The lowest BCUT2D eigenvalue weighted by Crippen LogP contribution is -2.18. The van der Waals surface area contributed by atoms with Crippen LogP contribution in [0.3, 0.4) is 0 Å². The molecule has 1 rings (SSSR count). The third-order valence-electron chi connectivity index (χ3n) is 2.11. The second-order valence-electron chi connectivity index (χ2n) is 3.71. The minimum Gasteiger partial charge on any atom is -0.463 e. The molecule has 0 aromatic heterocycles. The molecule has 0 fully saturated rings. The van der Waals surface area contributed by atoms with Crippen molar-refractivity contribution in [2.24, 2.45) is 5.92 Å². The summed E-state index contributed by atoms with van der Waals surface area (Å²) in [4.78, 5) is 21.6. The Balaban J connectivity index is 2.78. The van der Waals surface area contributed by atoms with Gasteiger partial charge in [0, 0.05) is 17.2 Å². The normalized spacial score (nSPS) is 9.94. The van der Waals surface area contributed by atoms with Crippen molar-refractivity contribution in [3.8, 4) is 0 Å². The van der Waals surface area contributed by atoms with E-state index in [1.807, 2.05) is 26.0 Å². The Labute approximate surface area is 94.6 Å². The first kappa shape index (κ1) is 12.2. The van der Waals surface area contributed by atoms with Crippen molar-refractivity contribution in [3.63, 3.8) is 0 Å². The Bertz CT molecular complexity index is 374. The van der Waals surface area contributed by atoms with E-state index in [1.54, 1.807) is 12.1 Å². The maximum absolute atomic E-state index is 11.5. The molecule has 1 amide bonds. The van der Waals surface area contributed by atoms with Gasteiger partial charge in [0.2, 0.25) is 5.91 Å². The Morgan fingerprint density at radius 2 is 2.12 bits per heavy atom. The maximum Gasteiger partial charge on any atom is 0.293 e. The van der Waals surface area contributed by atoms with Crippen molar-refractivity contribution >= 4 is 18.1 Å². The van der Waals surface area contributed by atoms with Gasteiger partial charge in [-0.15, -0.1) is 0 Å². The molecule has 0 saturated heterocycles. The number of amides is 1. The molecule has 0 aliphatic heterocycles. The van der Waals surface area contributed by atoms with E-state index in [2.05, 4.69) is 10.1 Å². The second-order valence-corrected chi connectivity index (χ2v) is 3.71. The molecule has 16 heavy (non-hydrogen) atoms. The van der Waals surface area contributed by atoms with E-state index in [4.69, 9.17) is 0 Å². The van der Waals surface area contributed by atoms with Gasteiger partial charge in [-0.05, 0) is 6.07 Å². The van der Waals surface area contributed by atoms with Crippen LogP contribution in [0.4, 0.5) is 5.69 Å². The highest BCUT2D eigenvalue weighted by molar-refractivity contribution is 5.92. The number of hydrogen-bond acceptors (Lipinski definition) is 3. The van der Waals surface area contributed by atoms with Gasteiger partial charge in [0.1, 0.15) is 6.61 Å². The maximum atomic E-state index is 11.5. The SMILES string of the molecule is CC(C)C(=O)Nc1ccccc1COC=O. The number of benzene rings is 1. The fourth-order valence-corrected chi connectivity index (χ4v) is 1.17. The number of anilines is 1. The van der Waals surface area contributed by atoms with Crippen LogP contribution in [0.5, 0.6) is 0 Å². The largest absolute Gasteiger partial charge is 0.463 e. The first-order chi connectivity index (χ1) is 7.65. The minimum atomic E-state index is -0.0833. The van der Waals surface area contributed by atoms with E-state index in [0.29, 0.717) is 12.2 Å². The molecule has 0 radical (unpaired) electrons. The predicted molar refractivity (Wildman–Crippen MR) is 60.8 cm³/mol. The van der Waals surface area contributed by atoms with Gasteiger partial charge < -0.3 is 10.1 Å². The molecule has 1 aromatic carbocycles. The number of nitrogens with one attached hydrogen (secondary N) is 1. The molecule has 1 N–H and O–H groups in total. The first-order valence-corrected chi connectivity index (χ1v) is 5.09. The van der Waals surface area contributed by atoms with Gasteiger partial charge >= 0.3 is 0 Å². The van der Waals surface area contributed by atoms with Crippen molar-refractivity contribution in [1.29, 1.82) is 0 Å². The van der Waals surface area contributed by atoms with Crippen LogP contribution in [-0.2, 0) is 20.9 Å². The fourth-order valence-electron chi connectivity index (χ4n) is 1.17. The van der Waals surface area contributed by atoms with Gasteiger partial charge in [0.15, 0.2) is 0 Å². The highest BCUT2D eigenvalue weighted by Crippen LogP contribution is 2.16. The van der Waals surface area contributed by atoms with E-state index in [9.17, 15) is 9.59 Å². The summed E-state index contributed by atoms with van der Waals surface area (Å²) in [5.41, 5.74) is 1.46. The zero-order valence-corrected chi connectivity index (χ0v) is 9.40. The number of carbonyl (C=O) groups excluding carboxylic acids is 2. The third-order valence-corrected chi connectivity index (χ3v) is 2.11. The lowest BCUT2D eigenvalue weighted by atomic mass is 10.1. The lowest BCUT2D eigenvalue weighted by molar-refractivity contribution is -0.129. The molecular formula is C12H15NO3. The van der Waals surface area contributed by atoms with E-state index in [-0.39, 0.29) is 18.4 Å². The minimum absolute atomic E-state index is 0.0569. The van der Waals surface area contributed by atoms with Crippen molar-refractivity contribution in [3.05, 3.63) is 29.8 Å². The lowest BCUT2D eigenvalue weighted by Gasteiger charge is -2.11. The monoisotopic (exact) mass is 221 g/mol. The Kier molecular flexibility index (Phi) is 4.51. The van der Waals surface area contributed by atoms with Crippen LogP contribution in [0.25, 0.3) is 0 Å². The van der Waals surface area contributed by atoms with E-state index < -0.39 is 0 Å². The molecule has 4 nitrogen and oxygen atoms in total. The number of para-hydroxylation sites is 1. The highest BCUT2D eigenvalue weighted by atomic mass is 16.5. The van der Waals surface area contributed by atoms with Crippen LogP contribution >= 0.6 is 0 Å². The third kappa shape index (κ3) is 3.38. The van der Waals surface area contributed by atoms with Crippen LogP contribution < -0.4 is 5.32 Å². The summed E-state index contributed by atoms with van der Waals surface area (Å²) in [5.74, 6) is -0.140. The van der Waals surface area contributed by atoms with Crippen molar-refractivity contribution in [2.75, 3.05) is 5.32 Å². The molecule has 4 heteroatoms. The van der Waals surface area contributed by atoms with Crippen LogP contribution in [0.1, 0.15) is 19.4 Å². The van der Waals surface area contributed by atoms with E-state index in [0.717, 1.165) is 5.56 Å². The van der Waals surface area contributed by atoms with Crippen molar-refractivity contribution in [2.45, 2.75) is 20.5 Å². The summed E-state index contributed by atoms with van der Waals surface area (Å²) < 4.78 is 4.67. The van der Waals surface area contributed by atoms with Crippen molar-refractivity contribution < 1.29 is 14.3 Å². The molecule has 0 unspecified atom stereocenters. The zero-order chi connectivity index (χ0) is 12.0. The average molecular weight is 221 g/mol. The Morgan fingerprint density at radius 3 is 2.75 bits per heavy atom. The quantitative estimate of drug-likeness (QED) is 0.773. The summed E-state index contributed by atoms with van der Waals surface area (Å²) in [6.07, 6.45) is 0. The molecule has 0 atom stereocenters. The fraction of sp³-hybridized carbons (Fsp3) is 0.333. The topological polar surface area (TPSA) is 55.4 Å². The summed E-state index contributed by atoms with van der Waals surface area (Å²) in [5, 5.41) is 2.78. The Hall–Kier alpha value is -1.84. The molecule has 0 aliphatic rings. The van der Waals surface area contributed by atoms with Gasteiger partial charge in [-0.3, -0.25) is 9.59 Å². The molecule has 0 aliphatic carbocycles. The summed E-state index contributed by atoms with van der Waals surface area (Å²) in [6.45, 7) is 4.19. The van der Waals surface area contributed by atoms with Crippen LogP contribution in [0, 0.1) is 5.92 Å². The molecule has 86 valence electrons. The summed E-state index contributed by atoms with van der Waals surface area (Å²) in [6, 6.07) is 7.23. The zero-order valence-electron chi connectivity index (χ0n) is 9.40. The predicted octanol–water partition coefficient (Wildman–Crippen LogP) is 1.95. The summed E-state index contributed by atoms with van der Waals surface area (Å²) >= 11 is 0. The average Bonchev–Trinajstić information content (AvgIpc) is 2.27. The van der Waals surface area contributed by atoms with Gasteiger partial charge in [-0.1, -0.05) is 32.0 Å². The van der Waals surface area contributed by atoms with E-state index in [1.165, 1.54) is 0 Å². The summed E-state index contributed by atoms with van der Waals surface area (Å²) in [7, 11) is 0. The van der Waals surface area contributed by atoms with Crippen molar-refractivity contribution in [1.82, 2.24) is 0 Å². The first-order valence-electron chi connectivity index (χ1n) is 5.09.